The molecule has 0 spiro atoms. The molecule has 1 saturated heterocycles. The number of hydrogen-bond donors (Lipinski definition) is 0. The van der Waals surface area contributed by atoms with Gasteiger partial charge >= 0.3 is 6.43 Å². The van der Waals surface area contributed by atoms with Crippen molar-refractivity contribution >= 4 is 17.5 Å². The van der Waals surface area contributed by atoms with Gasteiger partial charge in [0.1, 0.15) is 5.82 Å². The molecule has 1 aliphatic heterocycles. The molecule has 3 aromatic rings. The van der Waals surface area contributed by atoms with E-state index >= 15 is 0 Å². The molecule has 0 radical (unpaired) electrons. The van der Waals surface area contributed by atoms with Crippen LogP contribution in [-0.4, -0.2) is 40.0 Å². The molecule has 1 aliphatic rings. The van der Waals surface area contributed by atoms with Crippen LogP contribution >= 0.6 is 0 Å². The van der Waals surface area contributed by atoms with E-state index in [1.807, 2.05) is 6.07 Å². The van der Waals surface area contributed by atoms with Crippen LogP contribution in [0.2, 0.25) is 0 Å². The third kappa shape index (κ3) is 4.74. The fourth-order valence-corrected chi connectivity index (χ4v) is 3.61. The Bertz CT molecular complexity index is 1150. The largest absolute Gasteiger partial charge is 0.415 e. The highest BCUT2D eigenvalue weighted by molar-refractivity contribution is 5.96. The summed E-state index contributed by atoms with van der Waals surface area (Å²) in [5.74, 6) is -2.29. The second-order valence-corrected chi connectivity index (χ2v) is 7.66. The lowest BCUT2D eigenvalue weighted by atomic mass is 9.97. The summed E-state index contributed by atoms with van der Waals surface area (Å²) in [5.41, 5.74) is 0.982. The Morgan fingerprint density at radius 2 is 1.88 bits per heavy atom. The highest BCUT2D eigenvalue weighted by Gasteiger charge is 2.38. The Morgan fingerprint density at radius 1 is 1.15 bits per heavy atom. The molecule has 33 heavy (non-hydrogen) atoms. The maximum absolute atomic E-state index is 14.9. The molecule has 10 heteroatoms. The van der Waals surface area contributed by atoms with Crippen molar-refractivity contribution < 1.29 is 27.2 Å². The van der Waals surface area contributed by atoms with Crippen molar-refractivity contribution in [2.75, 3.05) is 18.0 Å². The minimum atomic E-state index is -2.92. The standard InChI is InChI=1S/C23H21F3N4O3/c1-2-19(31)29-11-16(12-29)23(32)30(17-6-4-3-5-7-17)13-15-9-8-14(10-18(15)24)21-27-28-22(33-21)20(25)26/h3-10,16,20H,2,11-13H2,1H3. The number of likely N-dealkylation sites (tertiary alicyclic amines) is 1. The number of alkyl halides is 2. The van der Waals surface area contributed by atoms with Crippen LogP contribution in [0.3, 0.4) is 0 Å². The van der Waals surface area contributed by atoms with Gasteiger partial charge in [0.05, 0.1) is 12.5 Å². The first-order valence-corrected chi connectivity index (χ1v) is 10.4. The van der Waals surface area contributed by atoms with E-state index in [9.17, 15) is 22.8 Å². The van der Waals surface area contributed by atoms with Crippen molar-refractivity contribution in [1.82, 2.24) is 15.1 Å². The van der Waals surface area contributed by atoms with Crippen molar-refractivity contribution in [3.8, 4) is 11.5 Å². The highest BCUT2D eigenvalue weighted by Crippen LogP contribution is 2.28. The maximum atomic E-state index is 14.9. The summed E-state index contributed by atoms with van der Waals surface area (Å²) in [5, 5.41) is 6.77. The Kier molecular flexibility index (Phi) is 6.43. The zero-order valence-electron chi connectivity index (χ0n) is 17.7. The molecular weight excluding hydrogens is 437 g/mol. The summed E-state index contributed by atoms with van der Waals surface area (Å²) < 4.78 is 45.2. The van der Waals surface area contributed by atoms with Gasteiger partial charge in [-0.3, -0.25) is 9.59 Å². The SMILES string of the molecule is CCC(=O)N1CC(C(=O)N(Cc2ccc(-c3nnc(C(F)F)o3)cc2F)c2ccccc2)C1. The second-order valence-electron chi connectivity index (χ2n) is 7.66. The van der Waals surface area contributed by atoms with Crippen LogP contribution < -0.4 is 4.90 Å². The summed E-state index contributed by atoms with van der Waals surface area (Å²) in [6.45, 7) is 2.39. The normalized spacial score (nSPS) is 13.8. The van der Waals surface area contributed by atoms with Gasteiger partial charge in [-0.2, -0.15) is 8.78 Å². The van der Waals surface area contributed by atoms with Gasteiger partial charge in [-0.05, 0) is 24.3 Å². The summed E-state index contributed by atoms with van der Waals surface area (Å²) in [7, 11) is 0. The molecule has 0 unspecified atom stereocenters. The number of carbonyl (C=O) groups is 2. The molecule has 2 heterocycles. The topological polar surface area (TPSA) is 79.5 Å². The zero-order valence-corrected chi connectivity index (χ0v) is 17.7. The van der Waals surface area contributed by atoms with Crippen LogP contribution in [0.5, 0.6) is 0 Å². The van der Waals surface area contributed by atoms with Gasteiger partial charge in [0, 0.05) is 36.3 Å². The van der Waals surface area contributed by atoms with Gasteiger partial charge in [0.2, 0.25) is 17.7 Å². The predicted octanol–water partition coefficient (Wildman–Crippen LogP) is 4.21. The van der Waals surface area contributed by atoms with Crippen LogP contribution in [0.1, 0.15) is 31.2 Å². The van der Waals surface area contributed by atoms with Crippen LogP contribution in [0, 0.1) is 11.7 Å². The second kappa shape index (κ2) is 9.43. The van der Waals surface area contributed by atoms with Crippen molar-refractivity contribution in [2.24, 2.45) is 5.92 Å². The number of rotatable bonds is 7. The number of benzene rings is 2. The molecule has 0 N–H and O–H groups in total. The average Bonchev–Trinajstić information content (AvgIpc) is 3.28. The first-order chi connectivity index (χ1) is 15.9. The summed E-state index contributed by atoms with van der Waals surface area (Å²) in [6, 6.07) is 12.9. The Hall–Kier alpha value is -3.69. The fourth-order valence-electron chi connectivity index (χ4n) is 3.61. The maximum Gasteiger partial charge on any atom is 0.314 e. The van der Waals surface area contributed by atoms with E-state index in [-0.39, 0.29) is 41.3 Å². The Morgan fingerprint density at radius 3 is 2.48 bits per heavy atom. The predicted molar refractivity (Wildman–Crippen MR) is 113 cm³/mol. The van der Waals surface area contributed by atoms with E-state index in [1.54, 1.807) is 36.1 Å². The summed E-state index contributed by atoms with van der Waals surface area (Å²) in [4.78, 5) is 28.1. The third-order valence-electron chi connectivity index (χ3n) is 5.48. The minimum absolute atomic E-state index is 0.0111. The van der Waals surface area contributed by atoms with E-state index in [0.29, 0.717) is 25.2 Å². The van der Waals surface area contributed by atoms with Gasteiger partial charge in [-0.25, -0.2) is 4.39 Å². The molecule has 0 saturated carbocycles. The average molecular weight is 458 g/mol. The van der Waals surface area contributed by atoms with Crippen molar-refractivity contribution in [2.45, 2.75) is 26.3 Å². The molecular formula is C23H21F3N4O3. The van der Waals surface area contributed by atoms with Crippen LogP contribution in [0.4, 0.5) is 18.9 Å². The van der Waals surface area contributed by atoms with Gasteiger partial charge in [0.25, 0.3) is 5.89 Å². The molecule has 2 amide bonds. The molecule has 0 aliphatic carbocycles. The van der Waals surface area contributed by atoms with E-state index < -0.39 is 18.1 Å². The minimum Gasteiger partial charge on any atom is -0.415 e. The van der Waals surface area contributed by atoms with Crippen molar-refractivity contribution in [3.05, 3.63) is 65.8 Å². The lowest BCUT2D eigenvalue weighted by Gasteiger charge is -2.40. The first kappa shape index (κ1) is 22.5. The van der Waals surface area contributed by atoms with E-state index in [4.69, 9.17) is 4.42 Å². The smallest absolute Gasteiger partial charge is 0.314 e. The third-order valence-corrected chi connectivity index (χ3v) is 5.48. The number of halogens is 3. The Balaban J connectivity index is 1.55. The number of nitrogens with zero attached hydrogens (tertiary/aromatic N) is 4. The quantitative estimate of drug-likeness (QED) is 0.530. The van der Waals surface area contributed by atoms with Gasteiger partial charge in [-0.1, -0.05) is 31.2 Å². The number of hydrogen-bond acceptors (Lipinski definition) is 5. The van der Waals surface area contributed by atoms with Crippen molar-refractivity contribution in [1.29, 1.82) is 0 Å². The van der Waals surface area contributed by atoms with E-state index in [2.05, 4.69) is 10.2 Å². The number of amides is 2. The lowest BCUT2D eigenvalue weighted by molar-refractivity contribution is -0.141. The Labute approximate surface area is 187 Å². The molecule has 1 aromatic heterocycles. The van der Waals surface area contributed by atoms with Gasteiger partial charge < -0.3 is 14.2 Å². The summed E-state index contributed by atoms with van der Waals surface area (Å²) >= 11 is 0. The van der Waals surface area contributed by atoms with Crippen molar-refractivity contribution in [3.63, 3.8) is 0 Å². The van der Waals surface area contributed by atoms with Crippen LogP contribution in [-0.2, 0) is 16.1 Å². The monoisotopic (exact) mass is 458 g/mol. The number of para-hydroxylation sites is 1. The lowest BCUT2D eigenvalue weighted by Crippen LogP contribution is -2.56. The molecule has 2 aromatic carbocycles. The number of carbonyl (C=O) groups excluding carboxylic acids is 2. The molecule has 4 rings (SSSR count). The first-order valence-electron chi connectivity index (χ1n) is 10.4. The van der Waals surface area contributed by atoms with E-state index in [1.165, 1.54) is 17.0 Å². The zero-order chi connectivity index (χ0) is 23.5. The number of anilines is 1. The molecule has 7 nitrogen and oxygen atoms in total. The van der Waals surface area contributed by atoms with Gasteiger partial charge in [-0.15, -0.1) is 10.2 Å². The summed E-state index contributed by atoms with van der Waals surface area (Å²) in [6.07, 6.45) is -2.55. The molecule has 1 fully saturated rings. The van der Waals surface area contributed by atoms with Gasteiger partial charge in [0.15, 0.2) is 0 Å². The number of aromatic nitrogens is 2. The molecule has 0 atom stereocenters. The fraction of sp³-hybridized carbons (Fsp3) is 0.304. The van der Waals surface area contributed by atoms with Crippen LogP contribution in [0.15, 0.2) is 52.9 Å². The molecule has 0 bridgehead atoms. The van der Waals surface area contributed by atoms with E-state index in [0.717, 1.165) is 6.07 Å². The molecule has 172 valence electrons. The van der Waals surface area contributed by atoms with Crippen LogP contribution in [0.25, 0.3) is 11.5 Å². The highest BCUT2D eigenvalue weighted by atomic mass is 19.3.